The summed E-state index contributed by atoms with van der Waals surface area (Å²) in [5, 5.41) is 6.03. The Kier molecular flexibility index (Phi) is 3.71. The fourth-order valence-electron chi connectivity index (χ4n) is 2.59. The molecule has 0 saturated heterocycles. The van der Waals surface area contributed by atoms with Crippen LogP contribution in [0, 0.1) is 12.7 Å². The quantitative estimate of drug-likeness (QED) is 0.890. The Bertz CT molecular complexity index is 684. The highest BCUT2D eigenvalue weighted by atomic mass is 19.1. The number of carbonyl (C=O) groups is 1. The Morgan fingerprint density at radius 1 is 1.24 bits per heavy atom. The van der Waals surface area contributed by atoms with Crippen molar-refractivity contribution in [3.05, 3.63) is 65.0 Å². The Morgan fingerprint density at radius 3 is 2.81 bits per heavy atom. The molecular formula is C17H17FN2O. The lowest BCUT2D eigenvalue weighted by atomic mass is 9.95. The average Bonchev–Trinajstić information content (AvgIpc) is 2.50. The van der Waals surface area contributed by atoms with Crippen LogP contribution in [0.5, 0.6) is 0 Å². The summed E-state index contributed by atoms with van der Waals surface area (Å²) in [5.41, 5.74) is 3.79. The fraction of sp³-hybridized carbons (Fsp3) is 0.235. The van der Waals surface area contributed by atoms with Crippen LogP contribution < -0.4 is 10.6 Å². The number of fused-ring (bicyclic) bond motifs is 1. The van der Waals surface area contributed by atoms with Crippen molar-refractivity contribution < 1.29 is 9.18 Å². The predicted molar refractivity (Wildman–Crippen MR) is 80.5 cm³/mol. The molecule has 0 fully saturated rings. The minimum Gasteiger partial charge on any atom is -0.324 e. The molecule has 0 aromatic heterocycles. The van der Waals surface area contributed by atoms with Gasteiger partial charge in [0.15, 0.2) is 0 Å². The Balaban J connectivity index is 1.74. The number of halogens is 1. The predicted octanol–water partition coefficient (Wildman–Crippen LogP) is 2.79. The maximum atomic E-state index is 13.3. The van der Waals surface area contributed by atoms with Crippen LogP contribution in [-0.4, -0.2) is 11.9 Å². The first-order valence-corrected chi connectivity index (χ1v) is 7.00. The molecule has 0 aliphatic carbocycles. The van der Waals surface area contributed by atoms with E-state index >= 15 is 0 Å². The van der Waals surface area contributed by atoms with Crippen LogP contribution in [-0.2, 0) is 17.8 Å². The number of anilines is 1. The molecule has 3 rings (SSSR count). The van der Waals surface area contributed by atoms with Gasteiger partial charge in [0.2, 0.25) is 5.91 Å². The van der Waals surface area contributed by atoms with Gasteiger partial charge in [-0.3, -0.25) is 4.79 Å². The maximum Gasteiger partial charge on any atom is 0.241 e. The number of aryl methyl sites for hydroxylation is 1. The largest absolute Gasteiger partial charge is 0.324 e. The van der Waals surface area contributed by atoms with Crippen LogP contribution in [0.4, 0.5) is 10.1 Å². The first-order chi connectivity index (χ1) is 10.1. The van der Waals surface area contributed by atoms with E-state index in [1.165, 1.54) is 23.3 Å². The molecule has 3 nitrogen and oxygen atoms in total. The number of amides is 1. The van der Waals surface area contributed by atoms with E-state index in [1.54, 1.807) is 6.07 Å². The Labute approximate surface area is 123 Å². The highest BCUT2D eigenvalue weighted by molar-refractivity contribution is 5.95. The fourth-order valence-corrected chi connectivity index (χ4v) is 2.59. The molecule has 1 aliphatic rings. The van der Waals surface area contributed by atoms with Crippen molar-refractivity contribution in [3.63, 3.8) is 0 Å². The third-order valence-corrected chi connectivity index (χ3v) is 3.86. The van der Waals surface area contributed by atoms with E-state index in [0.29, 0.717) is 18.7 Å². The van der Waals surface area contributed by atoms with E-state index in [-0.39, 0.29) is 17.8 Å². The maximum absolute atomic E-state index is 13.3. The van der Waals surface area contributed by atoms with Gasteiger partial charge in [0.1, 0.15) is 5.82 Å². The molecule has 4 heteroatoms. The van der Waals surface area contributed by atoms with E-state index in [4.69, 9.17) is 0 Å². The second-order valence-corrected chi connectivity index (χ2v) is 5.35. The lowest BCUT2D eigenvalue weighted by Crippen LogP contribution is -2.44. The summed E-state index contributed by atoms with van der Waals surface area (Å²) in [6.45, 7) is 2.52. The van der Waals surface area contributed by atoms with Gasteiger partial charge in [0, 0.05) is 12.2 Å². The van der Waals surface area contributed by atoms with Gasteiger partial charge in [0.05, 0.1) is 6.04 Å². The molecule has 0 spiro atoms. The summed E-state index contributed by atoms with van der Waals surface area (Å²) in [6.07, 6.45) is 0.649. The summed E-state index contributed by atoms with van der Waals surface area (Å²) in [7, 11) is 0. The molecule has 2 aromatic rings. The average molecular weight is 284 g/mol. The zero-order valence-electron chi connectivity index (χ0n) is 11.8. The Hall–Kier alpha value is -2.20. The molecule has 0 saturated carbocycles. The highest BCUT2D eigenvalue weighted by Crippen LogP contribution is 2.19. The molecular weight excluding hydrogens is 267 g/mol. The zero-order valence-corrected chi connectivity index (χ0v) is 11.8. The van der Waals surface area contributed by atoms with E-state index in [0.717, 1.165) is 5.56 Å². The number of hydrogen-bond acceptors (Lipinski definition) is 2. The molecule has 1 heterocycles. The minimum absolute atomic E-state index is 0.127. The van der Waals surface area contributed by atoms with Crippen molar-refractivity contribution >= 4 is 11.6 Å². The van der Waals surface area contributed by atoms with Crippen molar-refractivity contribution in [1.82, 2.24) is 5.32 Å². The van der Waals surface area contributed by atoms with Gasteiger partial charge in [-0.05, 0) is 42.2 Å². The van der Waals surface area contributed by atoms with Crippen molar-refractivity contribution in [3.8, 4) is 0 Å². The first-order valence-electron chi connectivity index (χ1n) is 7.00. The molecule has 1 aliphatic heterocycles. The molecule has 0 radical (unpaired) electrons. The first kappa shape index (κ1) is 13.8. The normalized spacial score (nSPS) is 17.1. The number of hydrogen-bond donors (Lipinski definition) is 2. The van der Waals surface area contributed by atoms with E-state index in [2.05, 4.69) is 16.7 Å². The molecule has 108 valence electrons. The number of benzene rings is 2. The highest BCUT2D eigenvalue weighted by Gasteiger charge is 2.24. The van der Waals surface area contributed by atoms with Crippen LogP contribution >= 0.6 is 0 Å². The van der Waals surface area contributed by atoms with Crippen LogP contribution in [0.2, 0.25) is 0 Å². The second-order valence-electron chi connectivity index (χ2n) is 5.35. The molecule has 21 heavy (non-hydrogen) atoms. The van der Waals surface area contributed by atoms with Gasteiger partial charge < -0.3 is 10.6 Å². The van der Waals surface area contributed by atoms with Gasteiger partial charge >= 0.3 is 0 Å². The smallest absolute Gasteiger partial charge is 0.241 e. The third-order valence-electron chi connectivity index (χ3n) is 3.86. The summed E-state index contributed by atoms with van der Waals surface area (Å²) >= 11 is 0. The van der Waals surface area contributed by atoms with Gasteiger partial charge in [-0.25, -0.2) is 4.39 Å². The molecule has 1 amide bonds. The molecule has 1 atom stereocenters. The van der Waals surface area contributed by atoms with Crippen molar-refractivity contribution in [2.45, 2.75) is 25.9 Å². The number of nitrogens with one attached hydrogen (secondary N) is 2. The van der Waals surface area contributed by atoms with E-state index in [9.17, 15) is 9.18 Å². The van der Waals surface area contributed by atoms with Crippen molar-refractivity contribution in [2.24, 2.45) is 0 Å². The number of carbonyl (C=O) groups excluding carboxylic acids is 1. The molecule has 2 N–H and O–H groups in total. The summed E-state index contributed by atoms with van der Waals surface area (Å²) in [5.74, 6) is -0.476. The summed E-state index contributed by atoms with van der Waals surface area (Å²) in [4.78, 5) is 12.3. The Morgan fingerprint density at radius 2 is 2.00 bits per heavy atom. The minimum atomic E-state index is -0.349. The van der Waals surface area contributed by atoms with Crippen LogP contribution in [0.1, 0.15) is 16.7 Å². The second kappa shape index (κ2) is 5.66. The van der Waals surface area contributed by atoms with Crippen LogP contribution in [0.25, 0.3) is 0 Å². The lowest BCUT2D eigenvalue weighted by Gasteiger charge is -2.25. The monoisotopic (exact) mass is 284 g/mol. The van der Waals surface area contributed by atoms with Gasteiger partial charge in [-0.1, -0.05) is 30.3 Å². The molecule has 1 unspecified atom stereocenters. The van der Waals surface area contributed by atoms with Crippen molar-refractivity contribution in [1.29, 1.82) is 0 Å². The van der Waals surface area contributed by atoms with Crippen LogP contribution in [0.15, 0.2) is 42.5 Å². The van der Waals surface area contributed by atoms with Gasteiger partial charge in [-0.15, -0.1) is 0 Å². The molecule has 0 bridgehead atoms. The summed E-state index contributed by atoms with van der Waals surface area (Å²) in [6, 6.07) is 12.2. The topological polar surface area (TPSA) is 41.1 Å². The number of rotatable bonds is 2. The van der Waals surface area contributed by atoms with Gasteiger partial charge in [0.25, 0.3) is 0 Å². The lowest BCUT2D eigenvalue weighted by molar-refractivity contribution is -0.118. The van der Waals surface area contributed by atoms with E-state index in [1.807, 2.05) is 25.1 Å². The van der Waals surface area contributed by atoms with Crippen molar-refractivity contribution in [2.75, 3.05) is 5.32 Å². The van der Waals surface area contributed by atoms with Gasteiger partial charge in [-0.2, -0.15) is 0 Å². The summed E-state index contributed by atoms with van der Waals surface area (Å²) < 4.78 is 13.3. The molecule has 2 aromatic carbocycles. The van der Waals surface area contributed by atoms with E-state index < -0.39 is 0 Å². The SMILES string of the molecule is Cc1ccc(F)cc1NC(=O)C1Cc2ccccc2CN1. The third kappa shape index (κ3) is 2.95. The standard InChI is InChI=1S/C17H17FN2O/c1-11-6-7-14(18)9-15(11)20-17(21)16-8-12-4-2-3-5-13(12)10-19-16/h2-7,9,16,19H,8,10H2,1H3,(H,20,21). The van der Waals surface area contributed by atoms with Crippen LogP contribution in [0.3, 0.4) is 0 Å². The zero-order chi connectivity index (χ0) is 14.8.